The Morgan fingerprint density at radius 2 is 1.15 bits per heavy atom. The second-order valence-electron chi connectivity index (χ2n) is 7.49. The fourth-order valence-electron chi connectivity index (χ4n) is 4.58. The molecule has 27 heavy (non-hydrogen) atoms. The molecule has 0 aliphatic heterocycles. The number of fused-ring (bicyclic) bond motifs is 2. The topological polar surface area (TPSA) is 0 Å². The number of rotatable bonds is 5. The molecule has 2 unspecified atom stereocenters. The Hall–Kier alpha value is -1.76. The third-order valence-corrected chi connectivity index (χ3v) is 25.1. The van der Waals surface area contributed by atoms with Gasteiger partial charge in [0.1, 0.15) is 0 Å². The van der Waals surface area contributed by atoms with Gasteiger partial charge in [0, 0.05) is 0 Å². The van der Waals surface area contributed by atoms with Crippen LogP contribution in [0.25, 0.3) is 12.2 Å². The van der Waals surface area contributed by atoms with E-state index in [1.54, 1.807) is 16.7 Å². The Labute approximate surface area is 171 Å². The molecule has 0 bridgehead atoms. The molecule has 0 spiro atoms. The monoisotopic (exact) mass is 441 g/mol. The molecular weight excluding hydrogens is 420 g/mol. The molecule has 0 radical (unpaired) electrons. The molecule has 2 aliphatic carbocycles. The molecule has 0 fully saturated rings. The third kappa shape index (κ3) is 3.42. The van der Waals surface area contributed by atoms with Crippen LogP contribution in [0.4, 0.5) is 0 Å². The zero-order chi connectivity index (χ0) is 18.1. The predicted octanol–water partition coefficient (Wildman–Crippen LogP) is 5.42. The molecule has 2 aliphatic rings. The standard InChI is InChI=1S/2C9H7.C7H9Si.Zr/c2*1-2-5-9-7-3-6-8(9)4-1;8-6-7-4-2-1-3-5-7;/h2*1-7H;1-5H,6,8H2;. The van der Waals surface area contributed by atoms with E-state index >= 15 is 0 Å². The average molecular weight is 443 g/mol. The van der Waals surface area contributed by atoms with Gasteiger partial charge in [-0.1, -0.05) is 0 Å². The summed E-state index contributed by atoms with van der Waals surface area (Å²) in [5.41, 5.74) is 7.71. The van der Waals surface area contributed by atoms with Gasteiger partial charge in [0.2, 0.25) is 0 Å². The van der Waals surface area contributed by atoms with Gasteiger partial charge in [0.15, 0.2) is 0 Å². The molecule has 0 N–H and O–H groups in total. The molecule has 0 saturated heterocycles. The van der Waals surface area contributed by atoms with E-state index in [0.29, 0.717) is 0 Å². The van der Waals surface area contributed by atoms with Crippen LogP contribution in [-0.2, 0) is 27.0 Å². The van der Waals surface area contributed by atoms with Gasteiger partial charge in [0.05, 0.1) is 0 Å². The van der Waals surface area contributed by atoms with Gasteiger partial charge in [-0.05, 0) is 0 Å². The molecule has 5 rings (SSSR count). The van der Waals surface area contributed by atoms with E-state index in [-0.39, 0.29) is 6.65 Å². The first-order valence-electron chi connectivity index (χ1n) is 9.84. The van der Waals surface area contributed by atoms with Crippen LogP contribution in [0.2, 0.25) is 0 Å². The van der Waals surface area contributed by atoms with Crippen LogP contribution in [0.1, 0.15) is 35.1 Å². The molecular formula is C25H23SiZr. The van der Waals surface area contributed by atoms with Crippen molar-refractivity contribution in [2.45, 2.75) is 13.3 Å². The minimum atomic E-state index is -1.74. The second kappa shape index (κ2) is 7.70. The number of hydrogen-bond acceptors (Lipinski definition) is 0. The number of benzene rings is 3. The number of allylic oxidation sites excluding steroid dienone is 2. The molecule has 0 nitrogen and oxygen atoms in total. The summed E-state index contributed by atoms with van der Waals surface area (Å²) in [6.07, 6.45) is 9.91. The summed E-state index contributed by atoms with van der Waals surface area (Å²) >= 11 is -1.74. The fraction of sp³-hybridized carbons (Fsp3) is 0.120. The molecule has 3 aromatic rings. The second-order valence-corrected chi connectivity index (χ2v) is 22.9. The quantitative estimate of drug-likeness (QED) is 0.463. The van der Waals surface area contributed by atoms with E-state index in [0.717, 1.165) is 7.25 Å². The molecule has 131 valence electrons. The molecule has 3 aromatic carbocycles. The van der Waals surface area contributed by atoms with Crippen LogP contribution in [0.3, 0.4) is 0 Å². The van der Waals surface area contributed by atoms with Crippen molar-refractivity contribution < 1.29 is 20.9 Å². The zero-order valence-electron chi connectivity index (χ0n) is 15.4. The summed E-state index contributed by atoms with van der Waals surface area (Å²) in [4.78, 5) is 0. The first kappa shape index (κ1) is 17.3. The van der Waals surface area contributed by atoms with Crippen LogP contribution < -0.4 is 0 Å². The Morgan fingerprint density at radius 3 is 1.74 bits per heavy atom. The van der Waals surface area contributed by atoms with E-state index in [2.05, 4.69) is 103 Å². The SMILES string of the molecule is C1=C[CH]([Zr]([SiH2]Cc2ccccc2)[CH]2C=Cc3ccccc32)c2ccccc21. The fourth-order valence-corrected chi connectivity index (χ4v) is 25.1. The van der Waals surface area contributed by atoms with Crippen LogP contribution in [0.5, 0.6) is 0 Å². The van der Waals surface area contributed by atoms with Crippen LogP contribution in [-0.4, -0.2) is 6.65 Å². The van der Waals surface area contributed by atoms with E-state index < -0.39 is 20.9 Å². The van der Waals surface area contributed by atoms with Gasteiger partial charge < -0.3 is 0 Å². The molecule has 0 amide bonds. The van der Waals surface area contributed by atoms with E-state index in [1.165, 1.54) is 17.2 Å². The average Bonchev–Trinajstić information content (AvgIpc) is 3.34. The van der Waals surface area contributed by atoms with E-state index in [9.17, 15) is 0 Å². The molecule has 2 heteroatoms. The van der Waals surface area contributed by atoms with Gasteiger partial charge in [-0.15, -0.1) is 0 Å². The van der Waals surface area contributed by atoms with Crippen molar-refractivity contribution in [3.63, 3.8) is 0 Å². The van der Waals surface area contributed by atoms with Gasteiger partial charge in [0.25, 0.3) is 0 Å². The van der Waals surface area contributed by atoms with Gasteiger partial charge in [-0.25, -0.2) is 0 Å². The first-order chi connectivity index (χ1) is 13.4. The summed E-state index contributed by atoms with van der Waals surface area (Å²) in [6.45, 7) is -0.117. The predicted molar refractivity (Wildman–Crippen MR) is 115 cm³/mol. The molecule has 2 atom stereocenters. The maximum absolute atomic E-state index is 2.56. The van der Waals surface area contributed by atoms with Crippen LogP contribution in [0, 0.1) is 0 Å². The van der Waals surface area contributed by atoms with Crippen molar-refractivity contribution >= 4 is 18.8 Å². The normalized spacial score (nSPS) is 19.6. The third-order valence-electron chi connectivity index (χ3n) is 5.94. The van der Waals surface area contributed by atoms with Crippen LogP contribution >= 0.6 is 0 Å². The Morgan fingerprint density at radius 1 is 0.630 bits per heavy atom. The van der Waals surface area contributed by atoms with Crippen molar-refractivity contribution in [3.8, 4) is 0 Å². The van der Waals surface area contributed by atoms with Crippen molar-refractivity contribution in [2.75, 3.05) is 0 Å². The van der Waals surface area contributed by atoms with Gasteiger partial charge in [-0.2, -0.15) is 0 Å². The van der Waals surface area contributed by atoms with Crippen LogP contribution in [0.15, 0.2) is 91.0 Å². The van der Waals surface area contributed by atoms with Crippen molar-refractivity contribution in [3.05, 3.63) is 119 Å². The summed E-state index contributed by atoms with van der Waals surface area (Å²) in [5.74, 6) is 0. The summed E-state index contributed by atoms with van der Waals surface area (Å²) in [7, 11) is 0. The summed E-state index contributed by atoms with van der Waals surface area (Å²) in [6, 6.07) is 30.7. The van der Waals surface area contributed by atoms with Crippen molar-refractivity contribution in [1.29, 1.82) is 0 Å². The molecule has 0 saturated carbocycles. The summed E-state index contributed by atoms with van der Waals surface area (Å²) < 4.78 is 1.50. The minimum absolute atomic E-state index is 0.117. The van der Waals surface area contributed by atoms with Gasteiger partial charge >= 0.3 is 172 Å². The molecule has 0 aromatic heterocycles. The summed E-state index contributed by atoms with van der Waals surface area (Å²) in [5, 5.41) is 0. The van der Waals surface area contributed by atoms with Gasteiger partial charge in [-0.3, -0.25) is 0 Å². The van der Waals surface area contributed by atoms with Crippen molar-refractivity contribution in [1.82, 2.24) is 0 Å². The Balaban J connectivity index is 1.49. The maximum atomic E-state index is 2.56. The Bertz CT molecular complexity index is 944. The zero-order valence-corrected chi connectivity index (χ0v) is 19.3. The number of hydrogen-bond donors (Lipinski definition) is 0. The first-order valence-corrected chi connectivity index (χ1v) is 19.6. The van der Waals surface area contributed by atoms with Crippen molar-refractivity contribution in [2.24, 2.45) is 0 Å². The Kier molecular flexibility index (Phi) is 4.95. The van der Waals surface area contributed by atoms with E-state index in [1.807, 2.05) is 0 Å². The van der Waals surface area contributed by atoms with E-state index in [4.69, 9.17) is 0 Å². The molecule has 0 heterocycles.